The highest BCUT2D eigenvalue weighted by molar-refractivity contribution is 6.36. The Morgan fingerprint density at radius 2 is 1.60 bits per heavy atom. The number of methoxy groups -OCH3 is 1. The molecule has 0 aromatic heterocycles. The molecule has 6 atom stereocenters. The first kappa shape index (κ1) is 36.4. The summed E-state index contributed by atoms with van der Waals surface area (Å²) in [5.41, 5.74) is 2.57. The summed E-state index contributed by atoms with van der Waals surface area (Å²) < 4.78 is 5.43. The van der Waals surface area contributed by atoms with Crippen molar-refractivity contribution in [1.29, 1.82) is 0 Å². The fraction of sp³-hybridized carbons (Fsp3) is 0.225. The predicted octanol–water partition coefficient (Wildman–Crippen LogP) is 6.95. The van der Waals surface area contributed by atoms with Crippen molar-refractivity contribution in [2.45, 2.75) is 24.2 Å². The van der Waals surface area contributed by atoms with Crippen LogP contribution in [-0.4, -0.2) is 57.0 Å². The maximum absolute atomic E-state index is 15.4. The number of anilines is 2. The minimum Gasteiger partial charge on any atom is -0.508 e. The Kier molecular flexibility index (Phi) is 8.83. The molecular formula is C40H30Cl3N3O9. The molecule has 4 aromatic rings. The van der Waals surface area contributed by atoms with Gasteiger partial charge >= 0.3 is 5.97 Å². The van der Waals surface area contributed by atoms with E-state index in [-0.39, 0.29) is 40.0 Å². The number of nitrogens with zero attached hydrogens (tertiary/aromatic N) is 2. The van der Waals surface area contributed by atoms with Gasteiger partial charge in [-0.1, -0.05) is 64.7 Å². The molecule has 2 aliphatic heterocycles. The van der Waals surface area contributed by atoms with Crippen LogP contribution in [0.4, 0.5) is 11.4 Å². The third kappa shape index (κ3) is 5.45. The molecule has 15 heteroatoms. The lowest BCUT2D eigenvalue weighted by Gasteiger charge is -2.50. The molecule has 0 unspecified atom stereocenters. The van der Waals surface area contributed by atoms with Gasteiger partial charge in [-0.05, 0) is 84.5 Å². The minimum absolute atomic E-state index is 0.00249. The van der Waals surface area contributed by atoms with Gasteiger partial charge in [0.15, 0.2) is 0 Å². The number of carboxylic acids is 1. The number of phenols is 2. The summed E-state index contributed by atoms with van der Waals surface area (Å²) in [6, 6.07) is 19.1. The predicted molar refractivity (Wildman–Crippen MR) is 201 cm³/mol. The van der Waals surface area contributed by atoms with Crippen LogP contribution in [0.5, 0.6) is 17.2 Å². The number of amides is 4. The van der Waals surface area contributed by atoms with Gasteiger partial charge in [-0.3, -0.25) is 24.6 Å². The Bertz CT molecular complexity index is 2380. The van der Waals surface area contributed by atoms with Gasteiger partial charge in [0.05, 0.1) is 46.7 Å². The van der Waals surface area contributed by atoms with Gasteiger partial charge in [-0.2, -0.15) is 5.01 Å². The number of benzene rings is 4. The smallest absolute Gasteiger partial charge is 0.339 e. The minimum atomic E-state index is -1.67. The van der Waals surface area contributed by atoms with Crippen molar-refractivity contribution in [1.82, 2.24) is 5.01 Å². The number of hydrogen-bond donors (Lipinski definition) is 4. The standard InChI is InChI=1S/C40H30Cl3N3O9/c1-55-22-7-2-18(3-8-22)40-28(36(50)46(39(40)54)44-31-13-4-19(41)14-30(31)43)17-27-23(34(40)24-10-6-21(47)16-29(24)42)11-12-26-33(27)37(51)45(35(26)49)20-5-9-25(38(52)53)32(48)15-20/h2-11,13-16,26-28,33-34,44,47-48H,12,17H2,1H3,(H,52,53)/t26-,27+,28-,33-,34+,40+/m0/s1. The van der Waals surface area contributed by atoms with E-state index in [2.05, 4.69) is 5.43 Å². The first-order valence-electron chi connectivity index (χ1n) is 17.1. The molecule has 55 heavy (non-hydrogen) atoms. The van der Waals surface area contributed by atoms with Crippen LogP contribution in [0.25, 0.3) is 0 Å². The number of hydrogen-bond acceptors (Lipinski definition) is 9. The summed E-state index contributed by atoms with van der Waals surface area (Å²) in [5, 5.41) is 31.8. The van der Waals surface area contributed by atoms with Gasteiger partial charge in [-0.25, -0.2) is 9.69 Å². The number of carbonyl (C=O) groups is 5. The fourth-order valence-corrected chi connectivity index (χ4v) is 9.77. The molecule has 4 amide bonds. The normalized spacial score (nSPS) is 25.7. The number of carboxylic acid groups (broad SMARTS) is 1. The fourth-order valence-electron chi connectivity index (χ4n) is 9.03. The van der Waals surface area contributed by atoms with Crippen molar-refractivity contribution < 1.29 is 44.0 Å². The highest BCUT2D eigenvalue weighted by atomic mass is 35.5. The number of allylic oxidation sites excluding steroid dienone is 2. The number of nitrogens with one attached hydrogen (secondary N) is 1. The number of fused-ring (bicyclic) bond motifs is 4. The third-order valence-electron chi connectivity index (χ3n) is 11.3. The molecule has 2 aliphatic carbocycles. The monoisotopic (exact) mass is 801 g/mol. The molecule has 0 bridgehead atoms. The number of rotatable bonds is 7. The van der Waals surface area contributed by atoms with Crippen molar-refractivity contribution in [3.63, 3.8) is 0 Å². The first-order chi connectivity index (χ1) is 26.3. The average Bonchev–Trinajstić information content (AvgIpc) is 3.53. The van der Waals surface area contributed by atoms with Crippen molar-refractivity contribution >= 4 is 75.8 Å². The Hall–Kier alpha value is -5.56. The number of carbonyl (C=O) groups excluding carboxylic acids is 4. The molecule has 0 spiro atoms. The number of halogens is 3. The highest BCUT2D eigenvalue weighted by Gasteiger charge is 2.70. The van der Waals surface area contributed by atoms with E-state index < -0.39 is 75.9 Å². The first-order valence-corrected chi connectivity index (χ1v) is 18.3. The molecule has 4 aliphatic rings. The molecule has 8 rings (SSSR count). The Morgan fingerprint density at radius 3 is 2.25 bits per heavy atom. The van der Waals surface area contributed by atoms with Crippen LogP contribution in [-0.2, 0) is 24.6 Å². The average molecular weight is 803 g/mol. The Morgan fingerprint density at radius 1 is 0.855 bits per heavy atom. The zero-order chi connectivity index (χ0) is 39.1. The quantitative estimate of drug-likeness (QED) is 0.113. The maximum Gasteiger partial charge on any atom is 0.339 e. The largest absolute Gasteiger partial charge is 0.508 e. The molecule has 12 nitrogen and oxygen atoms in total. The summed E-state index contributed by atoms with van der Waals surface area (Å²) in [6.45, 7) is 0. The summed E-state index contributed by atoms with van der Waals surface area (Å²) in [6.07, 6.45) is 1.90. The Labute approximate surface area is 328 Å². The third-order valence-corrected chi connectivity index (χ3v) is 12.2. The summed E-state index contributed by atoms with van der Waals surface area (Å²) >= 11 is 19.6. The van der Waals surface area contributed by atoms with Crippen molar-refractivity contribution in [2.24, 2.45) is 23.7 Å². The second-order valence-corrected chi connectivity index (χ2v) is 15.2. The lowest BCUT2D eigenvalue weighted by Crippen LogP contribution is -2.53. The maximum atomic E-state index is 15.4. The van der Waals surface area contributed by atoms with Crippen LogP contribution in [0.2, 0.25) is 15.1 Å². The number of aromatic hydroxyl groups is 2. The second-order valence-electron chi connectivity index (χ2n) is 13.9. The van der Waals surface area contributed by atoms with Crippen molar-refractivity contribution in [3.8, 4) is 17.2 Å². The molecule has 1 saturated carbocycles. The van der Waals surface area contributed by atoms with Gasteiger partial charge in [-0.15, -0.1) is 0 Å². The summed E-state index contributed by atoms with van der Waals surface area (Å²) in [7, 11) is 1.50. The lowest BCUT2D eigenvalue weighted by molar-refractivity contribution is -0.138. The number of phenolic OH excluding ortho intramolecular Hbond substituents is 1. The molecule has 0 radical (unpaired) electrons. The van der Waals surface area contributed by atoms with Crippen LogP contribution in [0, 0.1) is 23.7 Å². The summed E-state index contributed by atoms with van der Waals surface area (Å²) in [5.74, 6) is -8.74. The second kappa shape index (κ2) is 13.3. The number of ether oxygens (including phenoxy) is 1. The Balaban J connectivity index is 1.32. The number of imide groups is 2. The zero-order valence-electron chi connectivity index (χ0n) is 28.7. The van der Waals surface area contributed by atoms with E-state index >= 15 is 4.79 Å². The molecule has 2 heterocycles. The van der Waals surface area contributed by atoms with E-state index in [1.165, 1.54) is 37.4 Å². The van der Waals surface area contributed by atoms with E-state index in [1.807, 2.05) is 6.08 Å². The van der Waals surface area contributed by atoms with E-state index in [0.29, 0.717) is 27.5 Å². The van der Waals surface area contributed by atoms with Gasteiger partial charge in [0.25, 0.3) is 11.8 Å². The molecule has 280 valence electrons. The van der Waals surface area contributed by atoms with Crippen LogP contribution in [0.1, 0.15) is 40.2 Å². The van der Waals surface area contributed by atoms with E-state index in [0.717, 1.165) is 22.0 Å². The van der Waals surface area contributed by atoms with Crippen molar-refractivity contribution in [2.75, 3.05) is 17.4 Å². The molecule has 3 fully saturated rings. The molecule has 4 aromatic carbocycles. The summed E-state index contributed by atoms with van der Waals surface area (Å²) in [4.78, 5) is 71.4. The number of aromatic carboxylic acids is 1. The van der Waals surface area contributed by atoms with Gasteiger partial charge in [0.2, 0.25) is 11.8 Å². The number of hydrazine groups is 1. The van der Waals surface area contributed by atoms with Gasteiger partial charge in [0.1, 0.15) is 22.8 Å². The van der Waals surface area contributed by atoms with Gasteiger partial charge in [0, 0.05) is 22.0 Å². The highest BCUT2D eigenvalue weighted by Crippen LogP contribution is 2.65. The van der Waals surface area contributed by atoms with Crippen LogP contribution in [0.15, 0.2) is 90.5 Å². The van der Waals surface area contributed by atoms with Crippen LogP contribution in [0.3, 0.4) is 0 Å². The van der Waals surface area contributed by atoms with Crippen molar-refractivity contribution in [3.05, 3.63) is 122 Å². The van der Waals surface area contributed by atoms with Gasteiger partial charge < -0.3 is 20.1 Å². The van der Waals surface area contributed by atoms with Crippen LogP contribution >= 0.6 is 34.8 Å². The molecular weight excluding hydrogens is 773 g/mol. The lowest BCUT2D eigenvalue weighted by atomic mass is 9.49. The molecule has 4 N–H and O–H groups in total. The molecule has 2 saturated heterocycles. The van der Waals surface area contributed by atoms with Crippen LogP contribution < -0.4 is 15.1 Å². The van der Waals surface area contributed by atoms with E-state index in [4.69, 9.17) is 39.5 Å². The van der Waals surface area contributed by atoms with E-state index in [1.54, 1.807) is 36.4 Å². The SMILES string of the molecule is COc1ccc([C@@]23C(=O)N(Nc4ccc(Cl)cc4Cl)C(=O)[C@@H]2C[C@@H]2C(=CC[C@@H]4C(=O)N(c5ccc(C(=O)O)c(O)c5)C(=O)[C@@H]42)[C@@H]3c2ccc(O)cc2Cl)cc1. The topological polar surface area (TPSA) is 174 Å². The zero-order valence-corrected chi connectivity index (χ0v) is 31.0. The van der Waals surface area contributed by atoms with E-state index in [9.17, 15) is 34.5 Å².